The van der Waals surface area contributed by atoms with Crippen LogP contribution in [0.4, 0.5) is 0 Å². The molecule has 2 aliphatic rings. The number of nitrogens with one attached hydrogen (secondary N) is 1. The van der Waals surface area contributed by atoms with E-state index in [0.717, 1.165) is 32.4 Å². The van der Waals surface area contributed by atoms with Crippen molar-refractivity contribution in [1.82, 2.24) is 10.2 Å². The van der Waals surface area contributed by atoms with Crippen molar-refractivity contribution in [1.29, 1.82) is 0 Å². The number of ketones is 1. The summed E-state index contributed by atoms with van der Waals surface area (Å²) in [6, 6.07) is 0.693. The number of hydrogen-bond acceptors (Lipinski definition) is 3. The first kappa shape index (κ1) is 13.5. The highest BCUT2D eigenvalue weighted by molar-refractivity contribution is 5.80. The Balaban J connectivity index is 2.08. The minimum atomic E-state index is 0.0284. The van der Waals surface area contributed by atoms with Gasteiger partial charge in [-0.15, -0.1) is 0 Å². The Morgan fingerprint density at radius 2 is 2.22 bits per heavy atom. The van der Waals surface area contributed by atoms with Gasteiger partial charge in [-0.3, -0.25) is 14.5 Å². The zero-order valence-electron chi connectivity index (χ0n) is 11.4. The Hall–Kier alpha value is -0.900. The molecule has 18 heavy (non-hydrogen) atoms. The number of rotatable bonds is 3. The van der Waals surface area contributed by atoms with Gasteiger partial charge in [0.15, 0.2) is 0 Å². The van der Waals surface area contributed by atoms with Crippen LogP contribution in [0, 0.1) is 5.92 Å². The van der Waals surface area contributed by atoms with Crippen molar-refractivity contribution in [3.05, 3.63) is 0 Å². The second kappa shape index (κ2) is 5.83. The van der Waals surface area contributed by atoms with Crippen LogP contribution in [0.5, 0.6) is 0 Å². The van der Waals surface area contributed by atoms with Gasteiger partial charge in [0.2, 0.25) is 5.91 Å². The molecule has 1 saturated heterocycles. The van der Waals surface area contributed by atoms with E-state index in [0.29, 0.717) is 30.6 Å². The van der Waals surface area contributed by atoms with Gasteiger partial charge in [0.1, 0.15) is 5.78 Å². The maximum atomic E-state index is 11.7. The number of carbonyl (C=O) groups is 2. The molecule has 0 aromatic heterocycles. The van der Waals surface area contributed by atoms with E-state index in [1.807, 2.05) is 0 Å². The van der Waals surface area contributed by atoms with E-state index in [9.17, 15) is 9.59 Å². The zero-order valence-corrected chi connectivity index (χ0v) is 11.4. The standard InChI is InChI=1S/C14H24N2O2/c1-3-7-16-8-6-13(15-10(2)17)12-9-11(18)4-5-14(12)16/h12-14H,3-9H2,1-2H3,(H,15,17). The van der Waals surface area contributed by atoms with Crippen LogP contribution in [0.1, 0.15) is 46.0 Å². The largest absolute Gasteiger partial charge is 0.353 e. The van der Waals surface area contributed by atoms with Crippen LogP contribution in [0.15, 0.2) is 0 Å². The molecule has 1 heterocycles. The van der Waals surface area contributed by atoms with Crippen LogP contribution < -0.4 is 5.32 Å². The fraction of sp³-hybridized carbons (Fsp3) is 0.857. The lowest BCUT2D eigenvalue weighted by molar-refractivity contribution is -0.127. The van der Waals surface area contributed by atoms with Gasteiger partial charge < -0.3 is 5.32 Å². The van der Waals surface area contributed by atoms with Crippen LogP contribution in [-0.4, -0.2) is 41.8 Å². The first-order valence-electron chi connectivity index (χ1n) is 7.14. The number of carbonyl (C=O) groups excluding carboxylic acids is 2. The van der Waals surface area contributed by atoms with Gasteiger partial charge in [-0.05, 0) is 25.8 Å². The molecule has 0 aromatic carbocycles. The van der Waals surface area contributed by atoms with Gasteiger partial charge in [0.05, 0.1) is 0 Å². The first-order valence-corrected chi connectivity index (χ1v) is 7.14. The summed E-state index contributed by atoms with van der Waals surface area (Å²) in [5, 5.41) is 3.05. The average molecular weight is 252 g/mol. The molecule has 1 aliphatic heterocycles. The molecular formula is C14H24N2O2. The van der Waals surface area contributed by atoms with Gasteiger partial charge in [-0.2, -0.15) is 0 Å². The summed E-state index contributed by atoms with van der Waals surface area (Å²) < 4.78 is 0. The molecule has 3 unspecified atom stereocenters. The smallest absolute Gasteiger partial charge is 0.217 e. The Bertz CT molecular complexity index is 330. The number of piperidine rings is 1. The number of amides is 1. The average Bonchev–Trinajstić information content (AvgIpc) is 2.32. The minimum Gasteiger partial charge on any atom is -0.353 e. The molecule has 0 spiro atoms. The second-order valence-electron chi connectivity index (χ2n) is 5.64. The lowest BCUT2D eigenvalue weighted by Gasteiger charge is -2.47. The van der Waals surface area contributed by atoms with E-state index in [-0.39, 0.29) is 11.9 Å². The number of hydrogen-bond donors (Lipinski definition) is 1. The van der Waals surface area contributed by atoms with Crippen molar-refractivity contribution >= 4 is 11.7 Å². The predicted octanol–water partition coefficient (Wildman–Crippen LogP) is 1.34. The maximum Gasteiger partial charge on any atom is 0.217 e. The third-order valence-electron chi connectivity index (χ3n) is 4.29. The van der Waals surface area contributed by atoms with Crippen LogP contribution in [-0.2, 0) is 9.59 Å². The summed E-state index contributed by atoms with van der Waals surface area (Å²) in [6.45, 7) is 5.93. The summed E-state index contributed by atoms with van der Waals surface area (Å²) in [5.41, 5.74) is 0. The number of Topliss-reactive ketones (excluding diaryl/α,β-unsaturated/α-hetero) is 1. The Morgan fingerprint density at radius 1 is 1.44 bits per heavy atom. The Labute approximate surface area is 109 Å². The topological polar surface area (TPSA) is 49.4 Å². The van der Waals surface area contributed by atoms with E-state index in [4.69, 9.17) is 0 Å². The second-order valence-corrected chi connectivity index (χ2v) is 5.64. The minimum absolute atomic E-state index is 0.0284. The highest BCUT2D eigenvalue weighted by Crippen LogP contribution is 2.34. The van der Waals surface area contributed by atoms with Crippen molar-refractivity contribution < 1.29 is 9.59 Å². The third kappa shape index (κ3) is 2.91. The van der Waals surface area contributed by atoms with Gasteiger partial charge in [-0.1, -0.05) is 6.92 Å². The van der Waals surface area contributed by atoms with Gasteiger partial charge in [-0.25, -0.2) is 0 Å². The summed E-state index contributed by atoms with van der Waals surface area (Å²) in [6.07, 6.45) is 4.47. The SMILES string of the molecule is CCCN1CCC(NC(C)=O)C2CC(=O)CCC21. The molecule has 3 atom stereocenters. The highest BCUT2D eigenvalue weighted by Gasteiger charge is 2.41. The van der Waals surface area contributed by atoms with Crippen LogP contribution >= 0.6 is 0 Å². The van der Waals surface area contributed by atoms with Crippen LogP contribution in [0.25, 0.3) is 0 Å². The van der Waals surface area contributed by atoms with Gasteiger partial charge in [0.25, 0.3) is 0 Å². The normalized spacial score (nSPS) is 33.0. The zero-order chi connectivity index (χ0) is 13.1. The summed E-state index contributed by atoms with van der Waals surface area (Å²) in [5.74, 6) is 0.723. The van der Waals surface area contributed by atoms with E-state index >= 15 is 0 Å². The molecule has 2 fully saturated rings. The van der Waals surface area contributed by atoms with Gasteiger partial charge >= 0.3 is 0 Å². The number of likely N-dealkylation sites (tertiary alicyclic amines) is 1. The first-order chi connectivity index (χ1) is 8.61. The monoisotopic (exact) mass is 252 g/mol. The van der Waals surface area contributed by atoms with Crippen molar-refractivity contribution in [2.45, 2.75) is 58.0 Å². The molecule has 4 heteroatoms. The van der Waals surface area contributed by atoms with E-state index < -0.39 is 0 Å². The molecule has 0 bridgehead atoms. The molecular weight excluding hydrogens is 228 g/mol. The summed E-state index contributed by atoms with van der Waals surface area (Å²) >= 11 is 0. The van der Waals surface area contributed by atoms with E-state index in [2.05, 4.69) is 17.1 Å². The van der Waals surface area contributed by atoms with Gasteiger partial charge in [0, 0.05) is 44.3 Å². The maximum absolute atomic E-state index is 11.7. The molecule has 4 nitrogen and oxygen atoms in total. The van der Waals surface area contributed by atoms with Crippen LogP contribution in [0.3, 0.4) is 0 Å². The molecule has 0 aromatic rings. The molecule has 2 rings (SSSR count). The van der Waals surface area contributed by atoms with Crippen molar-refractivity contribution in [3.8, 4) is 0 Å². The van der Waals surface area contributed by atoms with Crippen molar-refractivity contribution in [2.75, 3.05) is 13.1 Å². The third-order valence-corrected chi connectivity index (χ3v) is 4.29. The predicted molar refractivity (Wildman–Crippen MR) is 70.2 cm³/mol. The molecule has 1 amide bonds. The quantitative estimate of drug-likeness (QED) is 0.824. The Kier molecular flexibility index (Phi) is 4.38. The summed E-state index contributed by atoms with van der Waals surface area (Å²) in [4.78, 5) is 25.5. The lowest BCUT2D eigenvalue weighted by Crippen LogP contribution is -2.58. The molecule has 1 saturated carbocycles. The Morgan fingerprint density at radius 3 is 2.89 bits per heavy atom. The summed E-state index contributed by atoms with van der Waals surface area (Å²) in [7, 11) is 0. The number of nitrogens with zero attached hydrogens (tertiary/aromatic N) is 1. The molecule has 1 aliphatic carbocycles. The van der Waals surface area contributed by atoms with Crippen molar-refractivity contribution in [3.63, 3.8) is 0 Å². The van der Waals surface area contributed by atoms with Crippen molar-refractivity contribution in [2.24, 2.45) is 5.92 Å². The van der Waals surface area contributed by atoms with E-state index in [1.54, 1.807) is 6.92 Å². The van der Waals surface area contributed by atoms with E-state index in [1.165, 1.54) is 0 Å². The fourth-order valence-electron chi connectivity index (χ4n) is 3.58. The molecule has 102 valence electrons. The molecule has 1 N–H and O–H groups in total. The highest BCUT2D eigenvalue weighted by atomic mass is 16.1. The fourth-order valence-corrected chi connectivity index (χ4v) is 3.58. The lowest BCUT2D eigenvalue weighted by atomic mass is 9.74. The van der Waals surface area contributed by atoms with Crippen LogP contribution in [0.2, 0.25) is 0 Å². The molecule has 0 radical (unpaired) electrons. The number of fused-ring (bicyclic) bond motifs is 1.